The van der Waals surface area contributed by atoms with E-state index in [1.54, 1.807) is 38.5 Å². The number of nitrogens with one attached hydrogen (secondary N) is 1. The van der Waals surface area contributed by atoms with Crippen LogP contribution >= 0.6 is 11.3 Å². The number of ether oxygens (including phenoxy) is 2. The molecule has 0 aliphatic carbocycles. The van der Waals surface area contributed by atoms with Crippen molar-refractivity contribution in [1.82, 2.24) is 10.3 Å². The number of anilines is 1. The van der Waals surface area contributed by atoms with Gasteiger partial charge in [-0.2, -0.15) is 0 Å². The van der Waals surface area contributed by atoms with Crippen LogP contribution in [0, 0.1) is 0 Å². The third kappa shape index (κ3) is 3.36. The van der Waals surface area contributed by atoms with E-state index in [0.717, 1.165) is 21.7 Å². The molecule has 2 aromatic heterocycles. The summed E-state index contributed by atoms with van der Waals surface area (Å²) in [5.74, 6) is 0.992. The smallest absolute Gasteiger partial charge is 0.259 e. The molecule has 0 unspecified atom stereocenters. The Morgan fingerprint density at radius 1 is 1.11 bits per heavy atom. The van der Waals surface area contributed by atoms with E-state index in [1.807, 2.05) is 18.2 Å². The van der Waals surface area contributed by atoms with Gasteiger partial charge in [0, 0.05) is 12.1 Å². The molecule has 0 aliphatic heterocycles. The highest BCUT2D eigenvalue weighted by Crippen LogP contribution is 2.29. The molecule has 0 spiro atoms. The molecule has 0 amide bonds. The molecule has 27 heavy (non-hydrogen) atoms. The van der Waals surface area contributed by atoms with Crippen LogP contribution in [0.4, 0.5) is 5.13 Å². The van der Waals surface area contributed by atoms with Gasteiger partial charge in [0.1, 0.15) is 18.0 Å². The summed E-state index contributed by atoms with van der Waals surface area (Å²) in [5.41, 5.74) is 1.93. The first kappa shape index (κ1) is 17.1. The van der Waals surface area contributed by atoms with Gasteiger partial charge in [0.2, 0.25) is 5.69 Å². The molecule has 138 valence electrons. The Morgan fingerprint density at radius 3 is 2.59 bits per heavy atom. The molecule has 0 saturated heterocycles. The van der Waals surface area contributed by atoms with Crippen LogP contribution in [0.2, 0.25) is 0 Å². The zero-order chi connectivity index (χ0) is 18.8. The summed E-state index contributed by atoms with van der Waals surface area (Å²) in [4.78, 5) is 4.52. The number of aromatic nitrogens is 3. The SMILES string of the molecule is COc1ccc(-[n+]2noc([O-])c2CNc2nc3ccc(OC)cc3s2)cc1. The van der Waals surface area contributed by atoms with Crippen molar-refractivity contribution in [2.45, 2.75) is 6.54 Å². The van der Waals surface area contributed by atoms with Crippen molar-refractivity contribution in [2.24, 2.45) is 0 Å². The van der Waals surface area contributed by atoms with Gasteiger partial charge < -0.3 is 24.4 Å². The lowest BCUT2D eigenvalue weighted by Gasteiger charge is -2.01. The van der Waals surface area contributed by atoms with Gasteiger partial charge in [-0.1, -0.05) is 11.3 Å². The molecule has 4 aromatic rings. The van der Waals surface area contributed by atoms with E-state index >= 15 is 0 Å². The Hall–Kier alpha value is -3.33. The minimum atomic E-state index is -0.499. The second kappa shape index (κ2) is 7.12. The fourth-order valence-electron chi connectivity index (χ4n) is 2.61. The van der Waals surface area contributed by atoms with Crippen LogP contribution in [-0.4, -0.2) is 24.5 Å². The summed E-state index contributed by atoms with van der Waals surface area (Å²) < 4.78 is 17.7. The van der Waals surface area contributed by atoms with Crippen molar-refractivity contribution in [2.75, 3.05) is 19.5 Å². The topological polar surface area (TPSA) is 96.4 Å². The first-order valence-corrected chi connectivity index (χ1v) is 8.90. The van der Waals surface area contributed by atoms with Crippen molar-refractivity contribution in [3.05, 3.63) is 48.2 Å². The minimum Gasteiger partial charge on any atom is -0.539 e. The summed E-state index contributed by atoms with van der Waals surface area (Å²) in [6.07, 6.45) is 0. The number of rotatable bonds is 6. The molecule has 2 heterocycles. The van der Waals surface area contributed by atoms with Crippen molar-refractivity contribution < 1.29 is 23.8 Å². The van der Waals surface area contributed by atoms with Gasteiger partial charge in [0.25, 0.3) is 5.69 Å². The Kier molecular flexibility index (Phi) is 4.51. The molecular weight excluding hydrogens is 368 g/mol. The van der Waals surface area contributed by atoms with Crippen LogP contribution < -0.4 is 24.6 Å². The molecule has 0 aliphatic rings. The first-order valence-electron chi connectivity index (χ1n) is 8.08. The number of nitrogens with zero attached hydrogens (tertiary/aromatic N) is 3. The maximum atomic E-state index is 12.1. The van der Waals surface area contributed by atoms with E-state index < -0.39 is 5.95 Å². The molecule has 8 nitrogen and oxygen atoms in total. The summed E-state index contributed by atoms with van der Waals surface area (Å²) in [6, 6.07) is 12.9. The second-order valence-electron chi connectivity index (χ2n) is 5.62. The molecule has 0 atom stereocenters. The number of fused-ring (bicyclic) bond motifs is 1. The summed E-state index contributed by atoms with van der Waals surface area (Å²) in [5, 5.41) is 19.8. The lowest BCUT2D eigenvalue weighted by atomic mass is 10.3. The predicted molar refractivity (Wildman–Crippen MR) is 97.5 cm³/mol. The molecule has 0 fully saturated rings. The Bertz CT molecular complexity index is 1070. The molecule has 9 heteroatoms. The van der Waals surface area contributed by atoms with Gasteiger partial charge in [-0.05, 0) is 35.0 Å². The molecule has 2 aromatic carbocycles. The summed E-state index contributed by atoms with van der Waals surface area (Å²) in [6.45, 7) is 0.227. The number of methoxy groups -OCH3 is 2. The predicted octanol–water partition coefficient (Wildman–Crippen LogP) is 2.26. The van der Waals surface area contributed by atoms with E-state index in [-0.39, 0.29) is 6.54 Å². The maximum Gasteiger partial charge on any atom is 0.259 e. The normalized spacial score (nSPS) is 10.9. The van der Waals surface area contributed by atoms with Gasteiger partial charge in [0.15, 0.2) is 11.1 Å². The molecule has 0 radical (unpaired) electrons. The molecule has 0 saturated carbocycles. The van der Waals surface area contributed by atoms with Crippen LogP contribution in [-0.2, 0) is 6.54 Å². The van der Waals surface area contributed by atoms with Crippen molar-refractivity contribution >= 4 is 26.7 Å². The van der Waals surface area contributed by atoms with Crippen molar-refractivity contribution in [3.8, 4) is 23.1 Å². The first-order chi connectivity index (χ1) is 13.2. The molecule has 4 rings (SSSR count). The summed E-state index contributed by atoms with van der Waals surface area (Å²) >= 11 is 1.48. The van der Waals surface area contributed by atoms with E-state index in [4.69, 9.17) is 14.0 Å². The van der Waals surface area contributed by atoms with Gasteiger partial charge >= 0.3 is 0 Å². The fourth-order valence-corrected chi connectivity index (χ4v) is 3.50. The van der Waals surface area contributed by atoms with Crippen molar-refractivity contribution in [3.63, 3.8) is 0 Å². The number of hydrogen-bond donors (Lipinski definition) is 1. The largest absolute Gasteiger partial charge is 0.539 e. The highest BCUT2D eigenvalue weighted by molar-refractivity contribution is 7.22. The molecule has 0 bridgehead atoms. The Balaban J connectivity index is 1.57. The third-order valence-electron chi connectivity index (χ3n) is 4.02. The Morgan fingerprint density at radius 2 is 1.85 bits per heavy atom. The lowest BCUT2D eigenvalue weighted by Crippen LogP contribution is -2.37. The fraction of sp³-hybridized carbons (Fsp3) is 0.167. The zero-order valence-corrected chi connectivity index (χ0v) is 15.4. The van der Waals surface area contributed by atoms with E-state index in [2.05, 4.69) is 15.6 Å². The highest BCUT2D eigenvalue weighted by Gasteiger charge is 2.20. The monoisotopic (exact) mass is 384 g/mol. The van der Waals surface area contributed by atoms with Gasteiger partial charge in [-0.25, -0.2) is 4.98 Å². The average molecular weight is 384 g/mol. The quantitative estimate of drug-likeness (QED) is 0.509. The van der Waals surface area contributed by atoms with Crippen LogP contribution in [0.15, 0.2) is 47.0 Å². The van der Waals surface area contributed by atoms with Crippen molar-refractivity contribution in [1.29, 1.82) is 0 Å². The minimum absolute atomic E-state index is 0.227. The Labute approximate surface area is 158 Å². The van der Waals surface area contributed by atoms with Gasteiger partial charge in [-0.3, -0.25) is 0 Å². The van der Waals surface area contributed by atoms with Crippen LogP contribution in [0.1, 0.15) is 5.69 Å². The zero-order valence-electron chi connectivity index (χ0n) is 14.6. The summed E-state index contributed by atoms with van der Waals surface area (Å²) in [7, 11) is 3.22. The number of thiazole rings is 1. The van der Waals surface area contributed by atoms with Gasteiger partial charge in [-0.15, -0.1) is 0 Å². The van der Waals surface area contributed by atoms with Gasteiger partial charge in [0.05, 0.1) is 29.7 Å². The number of hydrogen-bond acceptors (Lipinski definition) is 8. The average Bonchev–Trinajstić information content (AvgIpc) is 3.28. The highest BCUT2D eigenvalue weighted by atomic mass is 32.1. The van der Waals surface area contributed by atoms with E-state index in [9.17, 15) is 5.11 Å². The maximum absolute atomic E-state index is 12.1. The molecular formula is C18H16N4O4S. The molecule has 1 N–H and O–H groups in total. The standard InChI is InChI=1S/C18H16N4O4S/c1-24-12-5-3-11(4-6-12)22-15(17(23)26-21-22)10-19-18-20-14-8-7-13(25-2)9-16(14)27-18/h3-9H,10H2,1-2H3,(H-,19,20,21,23). The van der Waals surface area contributed by atoms with Crippen LogP contribution in [0.25, 0.3) is 15.9 Å². The second-order valence-corrected chi connectivity index (χ2v) is 6.65. The lowest BCUT2D eigenvalue weighted by molar-refractivity contribution is -0.677. The van der Waals surface area contributed by atoms with Crippen LogP contribution in [0.5, 0.6) is 17.4 Å². The van der Waals surface area contributed by atoms with E-state index in [0.29, 0.717) is 16.5 Å². The third-order valence-corrected chi connectivity index (χ3v) is 4.99. The van der Waals surface area contributed by atoms with E-state index in [1.165, 1.54) is 16.0 Å². The van der Waals surface area contributed by atoms with Crippen LogP contribution in [0.3, 0.4) is 0 Å². The number of benzene rings is 2.